The van der Waals surface area contributed by atoms with Crippen molar-refractivity contribution in [1.29, 1.82) is 0 Å². The fourth-order valence-electron chi connectivity index (χ4n) is 2.02. The average Bonchev–Trinajstić information content (AvgIpc) is 3.02. The van der Waals surface area contributed by atoms with Gasteiger partial charge in [-0.3, -0.25) is 15.1 Å². The number of allylic oxidation sites excluding steroid dienone is 1. The van der Waals surface area contributed by atoms with Crippen molar-refractivity contribution in [3.05, 3.63) is 46.1 Å². The molecule has 0 atom stereocenters. The first-order chi connectivity index (χ1) is 13.7. The smallest absolute Gasteiger partial charge is 0.350 e. The van der Waals surface area contributed by atoms with Crippen LogP contribution in [0.2, 0.25) is 0 Å². The average molecular weight is 419 g/mol. The number of carbonyl (C=O) groups excluding carboxylic acids is 2. The molecule has 0 saturated heterocycles. The number of pyridine rings is 1. The van der Waals surface area contributed by atoms with Gasteiger partial charge in [0.1, 0.15) is 21.9 Å². The fourth-order valence-corrected chi connectivity index (χ4v) is 2.87. The Morgan fingerprint density at radius 1 is 1.31 bits per heavy atom. The minimum absolute atomic E-state index is 0.0475. The molecule has 29 heavy (non-hydrogen) atoms. The number of aliphatic hydroxyl groups excluding tert-OH is 1. The topological polar surface area (TPSA) is 163 Å². The number of carboxylic acids is 1. The molecule has 3 N–H and O–H groups in total. The third-order valence-electron chi connectivity index (χ3n) is 3.32. The number of nitrogens with one attached hydrogen (secondary N) is 1. The number of aryl methyl sites for hydroxylation is 1. The summed E-state index contributed by atoms with van der Waals surface area (Å²) in [5.74, 6) is -3.12. The molecule has 0 aliphatic heterocycles. The molecular formula is C17H17N5O6S. The van der Waals surface area contributed by atoms with Crippen molar-refractivity contribution in [3.63, 3.8) is 0 Å². The van der Waals surface area contributed by atoms with Gasteiger partial charge in [0.05, 0.1) is 12.3 Å². The molecule has 2 heterocycles. The quantitative estimate of drug-likeness (QED) is 0.266. The van der Waals surface area contributed by atoms with Crippen LogP contribution < -0.4 is 5.32 Å². The molecule has 0 aliphatic carbocycles. The Hall–Kier alpha value is -3.67. The van der Waals surface area contributed by atoms with E-state index in [1.807, 2.05) is 0 Å². The summed E-state index contributed by atoms with van der Waals surface area (Å²) in [6.45, 7) is 4.67. The molecule has 2 aromatic rings. The van der Waals surface area contributed by atoms with E-state index in [0.717, 1.165) is 17.5 Å². The number of aliphatic hydroxyl groups is 1. The summed E-state index contributed by atoms with van der Waals surface area (Å²) in [5, 5.41) is 28.8. The van der Waals surface area contributed by atoms with Crippen LogP contribution in [0.3, 0.4) is 0 Å². The van der Waals surface area contributed by atoms with Gasteiger partial charge in [-0.2, -0.15) is 0 Å². The number of hydrogen-bond donors (Lipinski definition) is 3. The number of carbonyl (C=O) groups is 3. The largest absolute Gasteiger partial charge is 0.510 e. The Morgan fingerprint density at radius 2 is 2.03 bits per heavy atom. The van der Waals surface area contributed by atoms with Gasteiger partial charge in [-0.25, -0.2) is 14.6 Å². The maximum absolute atomic E-state index is 12.4. The van der Waals surface area contributed by atoms with Crippen molar-refractivity contribution in [3.8, 4) is 0 Å². The maximum atomic E-state index is 12.4. The Bertz CT molecular complexity index is 1010. The van der Waals surface area contributed by atoms with Crippen LogP contribution in [-0.4, -0.2) is 44.6 Å². The monoisotopic (exact) mass is 419 g/mol. The summed E-state index contributed by atoms with van der Waals surface area (Å²) in [5.41, 5.74) is -0.349. The minimum atomic E-state index is -1.27. The first-order valence-corrected chi connectivity index (χ1v) is 9.01. The van der Waals surface area contributed by atoms with Crippen LogP contribution in [0, 0.1) is 6.92 Å². The van der Waals surface area contributed by atoms with Gasteiger partial charge in [0.25, 0.3) is 5.91 Å². The van der Waals surface area contributed by atoms with Crippen molar-refractivity contribution in [2.75, 3.05) is 11.9 Å². The van der Waals surface area contributed by atoms with E-state index in [0.29, 0.717) is 5.69 Å². The normalized spacial score (nSPS) is 11.8. The molecule has 152 valence electrons. The summed E-state index contributed by atoms with van der Waals surface area (Å²) in [6, 6.07) is 1.30. The summed E-state index contributed by atoms with van der Waals surface area (Å²) >= 11 is 0.906. The van der Waals surface area contributed by atoms with Crippen molar-refractivity contribution < 1.29 is 29.3 Å². The first-order valence-electron chi connectivity index (χ1n) is 8.19. The van der Waals surface area contributed by atoms with Crippen molar-refractivity contribution in [2.24, 2.45) is 10.2 Å². The van der Waals surface area contributed by atoms with Gasteiger partial charge in [0.2, 0.25) is 0 Å². The number of esters is 1. The Balaban J connectivity index is 2.24. The number of ether oxygens (including phenoxy) is 1. The maximum Gasteiger partial charge on any atom is 0.350 e. The molecule has 2 rings (SSSR count). The zero-order valence-corrected chi connectivity index (χ0v) is 16.5. The number of azo groups is 1. The predicted molar refractivity (Wildman–Crippen MR) is 102 cm³/mol. The van der Waals surface area contributed by atoms with Gasteiger partial charge >= 0.3 is 11.9 Å². The predicted octanol–water partition coefficient (Wildman–Crippen LogP) is 3.23. The highest BCUT2D eigenvalue weighted by molar-refractivity contribution is 7.17. The number of aromatic carboxylic acids is 1. The van der Waals surface area contributed by atoms with E-state index in [-0.39, 0.29) is 27.9 Å². The molecule has 2 aromatic heterocycles. The molecule has 0 fully saturated rings. The number of thiazole rings is 1. The third kappa shape index (κ3) is 5.42. The van der Waals surface area contributed by atoms with Crippen LogP contribution in [0.15, 0.2) is 40.1 Å². The zero-order valence-electron chi connectivity index (χ0n) is 15.7. The molecule has 0 unspecified atom stereocenters. The highest BCUT2D eigenvalue weighted by Gasteiger charge is 2.20. The van der Waals surface area contributed by atoms with E-state index >= 15 is 0 Å². The van der Waals surface area contributed by atoms with Gasteiger partial charge in [0, 0.05) is 12.4 Å². The molecule has 0 saturated carbocycles. The summed E-state index contributed by atoms with van der Waals surface area (Å²) in [6.07, 6.45) is 2.40. The van der Waals surface area contributed by atoms with Crippen molar-refractivity contribution in [2.45, 2.75) is 20.8 Å². The standard InChI is InChI=1S/C17H17N5O6S/c1-4-28-16(27)13-8(2)19-17(29-13)20-14(24)12(9(3)23)22-21-11-5-6-18-7-10(11)15(25)26/h5-7,23H,4H2,1-3H3,(H,25,26)(H,19,20,24). The van der Waals surface area contributed by atoms with E-state index in [2.05, 4.69) is 25.5 Å². The van der Waals surface area contributed by atoms with E-state index in [9.17, 15) is 19.5 Å². The molecule has 11 nitrogen and oxygen atoms in total. The second-order valence-electron chi connectivity index (χ2n) is 5.44. The lowest BCUT2D eigenvalue weighted by atomic mass is 10.2. The number of amides is 1. The summed E-state index contributed by atoms with van der Waals surface area (Å²) in [4.78, 5) is 43.5. The number of aromatic nitrogens is 2. The number of rotatable bonds is 7. The molecule has 0 radical (unpaired) electrons. The van der Waals surface area contributed by atoms with Crippen LogP contribution in [-0.2, 0) is 9.53 Å². The van der Waals surface area contributed by atoms with E-state index in [1.54, 1.807) is 13.8 Å². The van der Waals surface area contributed by atoms with Gasteiger partial charge in [-0.1, -0.05) is 11.3 Å². The van der Waals surface area contributed by atoms with E-state index in [1.165, 1.54) is 19.2 Å². The lowest BCUT2D eigenvalue weighted by molar-refractivity contribution is -0.113. The minimum Gasteiger partial charge on any atom is -0.510 e. The molecule has 12 heteroatoms. The Labute approximate surface area is 168 Å². The van der Waals surface area contributed by atoms with Gasteiger partial charge in [0.15, 0.2) is 10.8 Å². The summed E-state index contributed by atoms with van der Waals surface area (Å²) in [7, 11) is 0. The summed E-state index contributed by atoms with van der Waals surface area (Å²) < 4.78 is 4.91. The van der Waals surface area contributed by atoms with Crippen LogP contribution >= 0.6 is 11.3 Å². The first kappa shape index (κ1) is 21.6. The molecular weight excluding hydrogens is 402 g/mol. The van der Waals surface area contributed by atoms with Gasteiger partial charge < -0.3 is 14.9 Å². The number of carboxylic acid groups (broad SMARTS) is 1. The van der Waals surface area contributed by atoms with Crippen molar-refractivity contribution in [1.82, 2.24) is 9.97 Å². The number of hydrogen-bond acceptors (Lipinski definition) is 10. The third-order valence-corrected chi connectivity index (χ3v) is 4.37. The Morgan fingerprint density at radius 3 is 2.66 bits per heavy atom. The van der Waals surface area contributed by atoms with Crippen LogP contribution in [0.4, 0.5) is 10.8 Å². The second-order valence-corrected chi connectivity index (χ2v) is 6.44. The SMILES string of the molecule is CCOC(=O)c1sc(NC(=O)C(N=Nc2ccncc2C(=O)O)=C(C)O)nc1C. The Kier molecular flexibility index (Phi) is 7.09. The van der Waals surface area contributed by atoms with Crippen LogP contribution in [0.25, 0.3) is 0 Å². The molecule has 0 aromatic carbocycles. The van der Waals surface area contributed by atoms with Crippen molar-refractivity contribution >= 4 is 40.0 Å². The molecule has 1 amide bonds. The number of anilines is 1. The van der Waals surface area contributed by atoms with Gasteiger partial charge in [-0.15, -0.1) is 10.2 Å². The molecule has 0 aliphatic rings. The van der Waals surface area contributed by atoms with Crippen LogP contribution in [0.5, 0.6) is 0 Å². The fraction of sp³-hybridized carbons (Fsp3) is 0.235. The van der Waals surface area contributed by atoms with E-state index in [4.69, 9.17) is 9.84 Å². The van der Waals surface area contributed by atoms with E-state index < -0.39 is 29.3 Å². The lowest BCUT2D eigenvalue weighted by Crippen LogP contribution is -2.14. The van der Waals surface area contributed by atoms with Gasteiger partial charge in [-0.05, 0) is 26.8 Å². The lowest BCUT2D eigenvalue weighted by Gasteiger charge is -2.03. The molecule has 0 spiro atoms. The highest BCUT2D eigenvalue weighted by atomic mass is 32.1. The second kappa shape index (κ2) is 9.50. The molecule has 0 bridgehead atoms. The number of nitrogens with zero attached hydrogens (tertiary/aromatic N) is 4. The van der Waals surface area contributed by atoms with Crippen LogP contribution in [0.1, 0.15) is 39.6 Å². The highest BCUT2D eigenvalue weighted by Crippen LogP contribution is 2.25. The zero-order chi connectivity index (χ0) is 21.6.